The van der Waals surface area contributed by atoms with Gasteiger partial charge >= 0.3 is 0 Å². The summed E-state index contributed by atoms with van der Waals surface area (Å²) < 4.78 is 10.4. The maximum Gasteiger partial charge on any atom is 0.267 e. The molecule has 0 aromatic heterocycles. The van der Waals surface area contributed by atoms with Crippen molar-refractivity contribution in [1.29, 1.82) is 0 Å². The molecule has 0 unspecified atom stereocenters. The number of anilines is 1. The van der Waals surface area contributed by atoms with Gasteiger partial charge in [0.15, 0.2) is 0 Å². The zero-order valence-electron chi connectivity index (χ0n) is 11.0. The monoisotopic (exact) mass is 263 g/mol. The summed E-state index contributed by atoms with van der Waals surface area (Å²) in [6, 6.07) is 5.34. The Bertz CT molecular complexity index is 500. The van der Waals surface area contributed by atoms with Crippen LogP contribution in [0.15, 0.2) is 23.3 Å². The van der Waals surface area contributed by atoms with Crippen LogP contribution >= 0.6 is 0 Å². The molecule has 1 aliphatic rings. The van der Waals surface area contributed by atoms with Crippen molar-refractivity contribution in [2.45, 2.75) is 12.8 Å². The number of methoxy groups -OCH3 is 2. The van der Waals surface area contributed by atoms with Crippen molar-refractivity contribution >= 4 is 17.3 Å². The molecule has 0 bridgehead atoms. The maximum absolute atomic E-state index is 11.6. The van der Waals surface area contributed by atoms with Crippen LogP contribution in [-0.2, 0) is 4.79 Å². The largest absolute Gasteiger partial charge is 0.497 e. The highest BCUT2D eigenvalue weighted by Crippen LogP contribution is 2.28. The molecule has 0 radical (unpaired) electrons. The van der Waals surface area contributed by atoms with E-state index in [1.807, 2.05) is 0 Å². The number of carbonyl (C=O) groups excluding carboxylic acids is 1. The minimum absolute atomic E-state index is 0.124. The molecule has 1 amide bonds. The molecular weight excluding hydrogens is 246 g/mol. The van der Waals surface area contributed by atoms with Crippen molar-refractivity contribution in [2.24, 2.45) is 5.10 Å². The van der Waals surface area contributed by atoms with E-state index in [1.165, 1.54) is 0 Å². The van der Waals surface area contributed by atoms with Crippen molar-refractivity contribution in [2.75, 3.05) is 26.2 Å². The molecule has 2 N–H and O–H groups in total. The number of rotatable bonds is 4. The first kappa shape index (κ1) is 13.2. The maximum atomic E-state index is 11.6. The number of hydrazone groups is 1. The molecule has 6 heteroatoms. The van der Waals surface area contributed by atoms with Gasteiger partial charge in [0, 0.05) is 12.6 Å². The Hall–Kier alpha value is -2.24. The Morgan fingerprint density at radius 3 is 2.84 bits per heavy atom. The predicted molar refractivity (Wildman–Crippen MR) is 72.8 cm³/mol. The molecule has 19 heavy (non-hydrogen) atoms. The normalized spacial score (nSPS) is 16.9. The third-order valence-electron chi connectivity index (χ3n) is 2.86. The van der Waals surface area contributed by atoms with Crippen molar-refractivity contribution in [3.05, 3.63) is 18.2 Å². The third kappa shape index (κ3) is 3.15. The Labute approximate surface area is 111 Å². The SMILES string of the molecule is COc1ccc(OC)c(N/N=C2/CCCNC2=O)c1. The van der Waals surface area contributed by atoms with Crippen molar-refractivity contribution in [3.8, 4) is 11.5 Å². The minimum atomic E-state index is -0.124. The standard InChI is InChI=1S/C13H17N3O3/c1-18-9-5-6-12(19-2)11(8-9)16-15-10-4-3-7-14-13(10)17/h5-6,8,16H,3-4,7H2,1-2H3,(H,14,17)/b15-10-. The molecule has 0 spiro atoms. The Morgan fingerprint density at radius 1 is 1.32 bits per heavy atom. The summed E-state index contributed by atoms with van der Waals surface area (Å²) in [5.41, 5.74) is 4.02. The average molecular weight is 263 g/mol. The van der Waals surface area contributed by atoms with Gasteiger partial charge in [-0.2, -0.15) is 5.10 Å². The van der Waals surface area contributed by atoms with Crippen LogP contribution in [0.3, 0.4) is 0 Å². The number of nitrogens with one attached hydrogen (secondary N) is 2. The lowest BCUT2D eigenvalue weighted by Crippen LogP contribution is -2.37. The van der Waals surface area contributed by atoms with Crippen LogP contribution in [0, 0.1) is 0 Å². The molecule has 1 aromatic carbocycles. The molecule has 0 atom stereocenters. The van der Waals surface area contributed by atoms with E-state index in [-0.39, 0.29) is 5.91 Å². The van der Waals surface area contributed by atoms with Crippen LogP contribution in [0.1, 0.15) is 12.8 Å². The molecule has 2 rings (SSSR count). The van der Waals surface area contributed by atoms with Crippen molar-refractivity contribution in [3.63, 3.8) is 0 Å². The van der Waals surface area contributed by atoms with E-state index in [1.54, 1.807) is 32.4 Å². The lowest BCUT2D eigenvalue weighted by molar-refractivity contribution is -0.115. The topological polar surface area (TPSA) is 72.0 Å². The second-order valence-electron chi connectivity index (χ2n) is 4.10. The molecular formula is C13H17N3O3. The molecule has 1 aliphatic heterocycles. The first-order chi connectivity index (χ1) is 9.24. The van der Waals surface area contributed by atoms with Crippen LogP contribution in [0.4, 0.5) is 5.69 Å². The summed E-state index contributed by atoms with van der Waals surface area (Å²) in [4.78, 5) is 11.6. The van der Waals surface area contributed by atoms with Crippen LogP contribution in [-0.4, -0.2) is 32.4 Å². The molecule has 1 heterocycles. The number of amides is 1. The van der Waals surface area contributed by atoms with Gasteiger partial charge in [-0.1, -0.05) is 0 Å². The van der Waals surface area contributed by atoms with E-state index in [0.29, 0.717) is 35.9 Å². The summed E-state index contributed by atoms with van der Waals surface area (Å²) in [6.07, 6.45) is 1.58. The second kappa shape index (κ2) is 6.08. The number of carbonyl (C=O) groups is 1. The van der Waals surface area contributed by atoms with Gasteiger partial charge in [0.2, 0.25) is 0 Å². The van der Waals surface area contributed by atoms with E-state index in [9.17, 15) is 4.79 Å². The molecule has 1 saturated heterocycles. The molecule has 6 nitrogen and oxygen atoms in total. The van der Waals surface area contributed by atoms with Crippen LogP contribution in [0.25, 0.3) is 0 Å². The zero-order chi connectivity index (χ0) is 13.7. The summed E-state index contributed by atoms with van der Waals surface area (Å²) in [6.45, 7) is 0.709. The average Bonchev–Trinajstić information content (AvgIpc) is 2.46. The fourth-order valence-corrected chi connectivity index (χ4v) is 1.81. The lowest BCUT2D eigenvalue weighted by atomic mass is 10.1. The number of benzene rings is 1. The fraction of sp³-hybridized carbons (Fsp3) is 0.385. The van der Waals surface area contributed by atoms with E-state index in [0.717, 1.165) is 6.42 Å². The van der Waals surface area contributed by atoms with Gasteiger partial charge in [-0.3, -0.25) is 10.2 Å². The minimum Gasteiger partial charge on any atom is -0.497 e. The smallest absolute Gasteiger partial charge is 0.267 e. The van der Waals surface area contributed by atoms with Crippen molar-refractivity contribution in [1.82, 2.24) is 5.32 Å². The highest BCUT2D eigenvalue weighted by atomic mass is 16.5. The molecule has 1 aromatic rings. The third-order valence-corrected chi connectivity index (χ3v) is 2.86. The summed E-state index contributed by atoms with van der Waals surface area (Å²) in [7, 11) is 3.17. The number of hydrogen-bond acceptors (Lipinski definition) is 5. The van der Waals surface area contributed by atoms with Gasteiger partial charge in [0.25, 0.3) is 5.91 Å². The van der Waals surface area contributed by atoms with E-state index in [2.05, 4.69) is 15.8 Å². The lowest BCUT2D eigenvalue weighted by Gasteiger charge is -2.14. The Balaban J connectivity index is 2.17. The Morgan fingerprint density at radius 2 is 2.16 bits per heavy atom. The molecule has 1 fully saturated rings. The van der Waals surface area contributed by atoms with E-state index >= 15 is 0 Å². The van der Waals surface area contributed by atoms with E-state index < -0.39 is 0 Å². The number of piperidine rings is 1. The first-order valence-electron chi connectivity index (χ1n) is 6.07. The van der Waals surface area contributed by atoms with Gasteiger partial charge in [0.05, 0.1) is 14.2 Å². The number of ether oxygens (including phenoxy) is 2. The highest BCUT2D eigenvalue weighted by Gasteiger charge is 2.16. The van der Waals surface area contributed by atoms with Crippen LogP contribution in [0.5, 0.6) is 11.5 Å². The predicted octanol–water partition coefficient (Wildman–Crippen LogP) is 1.38. The second-order valence-corrected chi connectivity index (χ2v) is 4.10. The van der Waals surface area contributed by atoms with Crippen LogP contribution < -0.4 is 20.2 Å². The van der Waals surface area contributed by atoms with Gasteiger partial charge in [0.1, 0.15) is 22.9 Å². The van der Waals surface area contributed by atoms with Gasteiger partial charge in [-0.25, -0.2) is 0 Å². The number of nitrogens with zero attached hydrogens (tertiary/aromatic N) is 1. The summed E-state index contributed by atoms with van der Waals surface area (Å²) in [5, 5.41) is 6.89. The van der Waals surface area contributed by atoms with Gasteiger partial charge in [-0.05, 0) is 25.0 Å². The molecule has 0 saturated carbocycles. The highest BCUT2D eigenvalue weighted by molar-refractivity contribution is 6.39. The van der Waals surface area contributed by atoms with Crippen molar-refractivity contribution < 1.29 is 14.3 Å². The van der Waals surface area contributed by atoms with Gasteiger partial charge < -0.3 is 14.8 Å². The quantitative estimate of drug-likeness (QED) is 0.805. The Kier molecular flexibility index (Phi) is 4.22. The molecule has 0 aliphatic carbocycles. The summed E-state index contributed by atoms with van der Waals surface area (Å²) >= 11 is 0. The van der Waals surface area contributed by atoms with E-state index in [4.69, 9.17) is 9.47 Å². The van der Waals surface area contributed by atoms with Gasteiger partial charge in [-0.15, -0.1) is 0 Å². The molecule has 102 valence electrons. The van der Waals surface area contributed by atoms with Crippen LogP contribution in [0.2, 0.25) is 0 Å². The first-order valence-corrected chi connectivity index (χ1v) is 6.07. The fourth-order valence-electron chi connectivity index (χ4n) is 1.81. The zero-order valence-corrected chi connectivity index (χ0v) is 11.0. The number of hydrogen-bond donors (Lipinski definition) is 2. The summed E-state index contributed by atoms with van der Waals surface area (Å²) in [5.74, 6) is 1.21.